The SMILES string of the molecule is Cc1cc(Br)c2[nH]ccc(=O)c2c1. The van der Waals surface area contributed by atoms with Crippen LogP contribution in [0.25, 0.3) is 10.9 Å². The van der Waals surface area contributed by atoms with Crippen molar-refractivity contribution in [3.8, 4) is 0 Å². The number of hydrogen-bond acceptors (Lipinski definition) is 1. The molecule has 0 bridgehead atoms. The highest BCUT2D eigenvalue weighted by molar-refractivity contribution is 9.10. The van der Waals surface area contributed by atoms with Crippen LogP contribution >= 0.6 is 15.9 Å². The minimum atomic E-state index is 0.0538. The highest BCUT2D eigenvalue weighted by atomic mass is 79.9. The maximum absolute atomic E-state index is 11.4. The molecule has 66 valence electrons. The molecule has 0 unspecified atom stereocenters. The fourth-order valence-electron chi connectivity index (χ4n) is 1.37. The summed E-state index contributed by atoms with van der Waals surface area (Å²) in [5.41, 5.74) is 1.99. The zero-order chi connectivity index (χ0) is 9.42. The van der Waals surface area contributed by atoms with Gasteiger partial charge in [-0.05, 0) is 40.5 Å². The molecule has 1 N–H and O–H groups in total. The smallest absolute Gasteiger partial charge is 0.189 e. The van der Waals surface area contributed by atoms with Crippen LogP contribution in [0, 0.1) is 6.92 Å². The predicted molar refractivity (Wildman–Crippen MR) is 57.0 cm³/mol. The Balaban J connectivity index is 3.03. The lowest BCUT2D eigenvalue weighted by molar-refractivity contribution is 1.36. The maximum atomic E-state index is 11.4. The molecular weight excluding hydrogens is 230 g/mol. The molecule has 0 saturated carbocycles. The lowest BCUT2D eigenvalue weighted by atomic mass is 10.1. The summed E-state index contributed by atoms with van der Waals surface area (Å²) in [6.45, 7) is 1.97. The molecule has 0 aliphatic carbocycles. The highest BCUT2D eigenvalue weighted by Gasteiger charge is 2.02. The molecule has 0 atom stereocenters. The van der Waals surface area contributed by atoms with Crippen molar-refractivity contribution in [3.05, 3.63) is 44.7 Å². The van der Waals surface area contributed by atoms with Crippen molar-refractivity contribution in [2.45, 2.75) is 6.92 Å². The standard InChI is InChI=1S/C10H8BrNO/c1-6-4-7-9(13)2-3-12-10(7)8(11)5-6/h2-5H,1H3,(H,12,13). The van der Waals surface area contributed by atoms with E-state index in [4.69, 9.17) is 0 Å². The van der Waals surface area contributed by atoms with Gasteiger partial charge in [-0.25, -0.2) is 0 Å². The topological polar surface area (TPSA) is 32.9 Å². The van der Waals surface area contributed by atoms with Crippen molar-refractivity contribution >= 4 is 26.8 Å². The molecular formula is C10H8BrNO. The van der Waals surface area contributed by atoms with Gasteiger partial charge >= 0.3 is 0 Å². The average Bonchev–Trinajstić information content (AvgIpc) is 2.07. The Morgan fingerprint density at radius 3 is 2.92 bits per heavy atom. The second kappa shape index (κ2) is 3.00. The second-order valence-electron chi connectivity index (χ2n) is 3.01. The van der Waals surface area contributed by atoms with Crippen molar-refractivity contribution in [3.63, 3.8) is 0 Å². The fourth-order valence-corrected chi connectivity index (χ4v) is 2.06. The summed E-state index contributed by atoms with van der Waals surface area (Å²) in [7, 11) is 0. The van der Waals surface area contributed by atoms with Gasteiger partial charge < -0.3 is 4.98 Å². The van der Waals surface area contributed by atoms with E-state index < -0.39 is 0 Å². The summed E-state index contributed by atoms with van der Waals surface area (Å²) >= 11 is 3.41. The molecule has 0 aliphatic rings. The number of hydrogen-bond donors (Lipinski definition) is 1. The Bertz CT molecular complexity index is 516. The van der Waals surface area contributed by atoms with Crippen molar-refractivity contribution in [2.24, 2.45) is 0 Å². The molecule has 3 heteroatoms. The molecule has 0 fully saturated rings. The van der Waals surface area contributed by atoms with Crippen molar-refractivity contribution in [1.29, 1.82) is 0 Å². The van der Waals surface area contributed by atoms with E-state index in [9.17, 15) is 4.79 Å². The summed E-state index contributed by atoms with van der Waals surface area (Å²) in [6.07, 6.45) is 1.66. The predicted octanol–water partition coefficient (Wildman–Crippen LogP) is 2.60. The monoisotopic (exact) mass is 237 g/mol. The summed E-state index contributed by atoms with van der Waals surface area (Å²) in [6, 6.07) is 5.41. The van der Waals surface area contributed by atoms with E-state index >= 15 is 0 Å². The van der Waals surface area contributed by atoms with Crippen molar-refractivity contribution in [1.82, 2.24) is 4.98 Å². The first kappa shape index (κ1) is 8.51. The van der Waals surface area contributed by atoms with E-state index in [1.165, 1.54) is 6.07 Å². The highest BCUT2D eigenvalue weighted by Crippen LogP contribution is 2.21. The quantitative estimate of drug-likeness (QED) is 0.751. The van der Waals surface area contributed by atoms with E-state index in [-0.39, 0.29) is 5.43 Å². The van der Waals surface area contributed by atoms with E-state index in [0.29, 0.717) is 0 Å². The first-order chi connectivity index (χ1) is 6.18. The zero-order valence-electron chi connectivity index (χ0n) is 7.10. The van der Waals surface area contributed by atoms with Gasteiger partial charge in [0.25, 0.3) is 0 Å². The van der Waals surface area contributed by atoms with E-state index in [1.807, 2.05) is 19.1 Å². The van der Waals surface area contributed by atoms with Gasteiger partial charge in [-0.1, -0.05) is 0 Å². The van der Waals surface area contributed by atoms with Crippen LogP contribution in [0.4, 0.5) is 0 Å². The number of aromatic amines is 1. The van der Waals surface area contributed by atoms with Gasteiger partial charge in [0.1, 0.15) is 0 Å². The average molecular weight is 238 g/mol. The molecule has 1 heterocycles. The first-order valence-corrected chi connectivity index (χ1v) is 4.75. The van der Waals surface area contributed by atoms with Gasteiger partial charge in [0, 0.05) is 22.1 Å². The molecule has 13 heavy (non-hydrogen) atoms. The second-order valence-corrected chi connectivity index (χ2v) is 3.87. The zero-order valence-corrected chi connectivity index (χ0v) is 8.68. The number of aryl methyl sites for hydroxylation is 1. The third kappa shape index (κ3) is 1.40. The molecule has 0 spiro atoms. The lowest BCUT2D eigenvalue weighted by Crippen LogP contribution is -2.00. The summed E-state index contributed by atoms with van der Waals surface area (Å²) < 4.78 is 0.931. The van der Waals surface area contributed by atoms with Crippen molar-refractivity contribution < 1.29 is 0 Å². The fraction of sp³-hybridized carbons (Fsp3) is 0.100. The van der Waals surface area contributed by atoms with Gasteiger partial charge in [0.05, 0.1) is 5.52 Å². The van der Waals surface area contributed by atoms with Crippen LogP contribution in [0.3, 0.4) is 0 Å². The number of H-pyrrole nitrogens is 1. The van der Waals surface area contributed by atoms with Gasteiger partial charge in [-0.2, -0.15) is 0 Å². The number of benzene rings is 1. The summed E-state index contributed by atoms with van der Waals surface area (Å²) in [5, 5.41) is 0.731. The molecule has 2 nitrogen and oxygen atoms in total. The van der Waals surface area contributed by atoms with Crippen LogP contribution in [-0.2, 0) is 0 Å². The maximum Gasteiger partial charge on any atom is 0.189 e. The first-order valence-electron chi connectivity index (χ1n) is 3.96. The van der Waals surface area contributed by atoms with Crippen LogP contribution in [0.1, 0.15) is 5.56 Å². The molecule has 0 amide bonds. The Kier molecular flexibility index (Phi) is 1.96. The third-order valence-electron chi connectivity index (χ3n) is 1.96. The molecule has 2 aromatic rings. The van der Waals surface area contributed by atoms with E-state index in [2.05, 4.69) is 20.9 Å². The number of halogens is 1. The van der Waals surface area contributed by atoms with Gasteiger partial charge in [0.2, 0.25) is 0 Å². The molecule has 1 aromatic carbocycles. The van der Waals surface area contributed by atoms with Gasteiger partial charge in [-0.15, -0.1) is 0 Å². The third-order valence-corrected chi connectivity index (χ3v) is 2.59. The largest absolute Gasteiger partial charge is 0.360 e. The van der Waals surface area contributed by atoms with Crippen LogP contribution in [0.5, 0.6) is 0 Å². The molecule has 1 aromatic heterocycles. The molecule has 0 aliphatic heterocycles. The Hall–Kier alpha value is -1.09. The minimum absolute atomic E-state index is 0.0538. The Morgan fingerprint density at radius 1 is 1.38 bits per heavy atom. The van der Waals surface area contributed by atoms with Crippen molar-refractivity contribution in [2.75, 3.05) is 0 Å². The van der Waals surface area contributed by atoms with Gasteiger partial charge in [-0.3, -0.25) is 4.79 Å². The van der Waals surface area contributed by atoms with E-state index in [0.717, 1.165) is 20.9 Å². The van der Waals surface area contributed by atoms with Crippen LogP contribution in [0.15, 0.2) is 33.7 Å². The summed E-state index contributed by atoms with van der Waals surface area (Å²) in [5.74, 6) is 0. The molecule has 0 radical (unpaired) electrons. The molecule has 2 rings (SSSR count). The normalized spacial score (nSPS) is 10.6. The van der Waals surface area contributed by atoms with Crippen LogP contribution in [0.2, 0.25) is 0 Å². The minimum Gasteiger partial charge on any atom is -0.360 e. The number of nitrogens with one attached hydrogen (secondary N) is 1. The van der Waals surface area contributed by atoms with E-state index in [1.54, 1.807) is 6.20 Å². The summed E-state index contributed by atoms with van der Waals surface area (Å²) in [4.78, 5) is 14.5. The van der Waals surface area contributed by atoms with Gasteiger partial charge in [0.15, 0.2) is 5.43 Å². The molecule has 0 saturated heterocycles. The number of fused-ring (bicyclic) bond motifs is 1. The van der Waals surface area contributed by atoms with Crippen LogP contribution < -0.4 is 5.43 Å². The number of rotatable bonds is 0. The van der Waals surface area contributed by atoms with Crippen LogP contribution in [-0.4, -0.2) is 4.98 Å². The lowest BCUT2D eigenvalue weighted by Gasteiger charge is -2.01. The Labute approximate surface area is 83.7 Å². The Morgan fingerprint density at radius 2 is 2.15 bits per heavy atom. The number of pyridine rings is 1. The number of aromatic nitrogens is 1.